The predicted octanol–water partition coefficient (Wildman–Crippen LogP) is 2.00. The largest absolute Gasteiger partial charge is 0.308 e. The van der Waals surface area contributed by atoms with Gasteiger partial charge in [0.15, 0.2) is 0 Å². The Bertz CT molecular complexity index is 243. The third-order valence-corrected chi connectivity index (χ3v) is 4.90. The van der Waals surface area contributed by atoms with Gasteiger partial charge in [-0.05, 0) is 45.4 Å². The lowest BCUT2D eigenvalue weighted by Gasteiger charge is -2.51. The minimum atomic E-state index is 0.433. The van der Waals surface area contributed by atoms with Crippen LogP contribution in [0.5, 0.6) is 0 Å². The minimum absolute atomic E-state index is 0.433. The maximum Gasteiger partial charge on any atom is 0.0309 e. The monoisotopic (exact) mass is 208 g/mol. The lowest BCUT2D eigenvalue weighted by molar-refractivity contribution is 0.0162. The summed E-state index contributed by atoms with van der Waals surface area (Å²) in [6, 6.07) is 1.67. The first-order valence-corrected chi connectivity index (χ1v) is 6.70. The van der Waals surface area contributed by atoms with Gasteiger partial charge in [-0.25, -0.2) is 0 Å². The lowest BCUT2D eigenvalue weighted by Crippen LogP contribution is -2.66. The highest BCUT2D eigenvalue weighted by Crippen LogP contribution is 2.42. The molecule has 3 aliphatic rings. The number of piperazine rings is 1. The van der Waals surface area contributed by atoms with Gasteiger partial charge in [0.1, 0.15) is 0 Å². The van der Waals surface area contributed by atoms with Crippen LogP contribution in [-0.2, 0) is 0 Å². The Kier molecular flexibility index (Phi) is 2.33. The van der Waals surface area contributed by atoms with Crippen molar-refractivity contribution in [1.29, 1.82) is 0 Å². The number of hydrogen-bond donors (Lipinski definition) is 1. The summed E-state index contributed by atoms with van der Waals surface area (Å²) in [5.41, 5.74) is 0.433. The smallest absolute Gasteiger partial charge is 0.0309 e. The van der Waals surface area contributed by atoms with Crippen LogP contribution in [0.3, 0.4) is 0 Å². The first kappa shape index (κ1) is 10.1. The second kappa shape index (κ2) is 3.46. The number of hydrogen-bond acceptors (Lipinski definition) is 2. The molecular weight excluding hydrogens is 184 g/mol. The van der Waals surface area contributed by atoms with E-state index in [1.165, 1.54) is 45.2 Å². The minimum Gasteiger partial charge on any atom is -0.308 e. The van der Waals surface area contributed by atoms with Crippen LogP contribution in [0, 0.1) is 5.92 Å². The summed E-state index contributed by atoms with van der Waals surface area (Å²) in [6.45, 7) is 7.33. The van der Waals surface area contributed by atoms with Gasteiger partial charge in [0.2, 0.25) is 0 Å². The molecule has 1 aliphatic heterocycles. The maximum atomic E-state index is 3.80. The average molecular weight is 208 g/mol. The average Bonchev–Trinajstić information content (AvgIpc) is 2.91. The molecular formula is C13H24N2. The summed E-state index contributed by atoms with van der Waals surface area (Å²) >= 11 is 0. The van der Waals surface area contributed by atoms with Crippen LogP contribution in [0.4, 0.5) is 0 Å². The summed E-state index contributed by atoms with van der Waals surface area (Å²) < 4.78 is 0. The molecule has 0 radical (unpaired) electrons. The molecule has 2 nitrogen and oxygen atoms in total. The molecule has 86 valence electrons. The Hall–Kier alpha value is -0.0800. The molecule has 0 amide bonds. The molecule has 3 rings (SSSR count). The Morgan fingerprint density at radius 1 is 1.20 bits per heavy atom. The molecule has 0 bridgehead atoms. The zero-order chi connectivity index (χ0) is 10.5. The van der Waals surface area contributed by atoms with Crippen molar-refractivity contribution in [3.63, 3.8) is 0 Å². The van der Waals surface area contributed by atoms with E-state index in [-0.39, 0.29) is 0 Å². The zero-order valence-corrected chi connectivity index (χ0v) is 10.1. The highest BCUT2D eigenvalue weighted by atomic mass is 15.3. The van der Waals surface area contributed by atoms with Gasteiger partial charge >= 0.3 is 0 Å². The molecule has 1 saturated heterocycles. The van der Waals surface area contributed by atoms with Crippen LogP contribution >= 0.6 is 0 Å². The van der Waals surface area contributed by atoms with E-state index in [0.29, 0.717) is 5.54 Å². The van der Waals surface area contributed by atoms with Gasteiger partial charge in [0.25, 0.3) is 0 Å². The summed E-state index contributed by atoms with van der Waals surface area (Å²) in [4.78, 5) is 2.79. The van der Waals surface area contributed by atoms with Crippen molar-refractivity contribution in [1.82, 2.24) is 10.2 Å². The van der Waals surface area contributed by atoms with Crippen LogP contribution in [-0.4, -0.2) is 35.6 Å². The second-order valence-electron chi connectivity index (χ2n) is 6.18. The van der Waals surface area contributed by atoms with E-state index in [9.17, 15) is 0 Å². The molecule has 0 aromatic rings. The lowest BCUT2D eigenvalue weighted by atomic mass is 9.85. The molecule has 2 unspecified atom stereocenters. The van der Waals surface area contributed by atoms with Crippen LogP contribution in [0.25, 0.3) is 0 Å². The standard InChI is InChI=1S/C13H24N2/c1-10-8-14-13(2,11-6-7-11)9-15(10)12-4-3-5-12/h10-12,14H,3-9H2,1-2H3. The third kappa shape index (κ3) is 1.72. The summed E-state index contributed by atoms with van der Waals surface area (Å²) in [7, 11) is 0. The highest BCUT2D eigenvalue weighted by molar-refractivity contribution is 5.05. The topological polar surface area (TPSA) is 15.3 Å². The number of nitrogens with zero attached hydrogens (tertiary/aromatic N) is 1. The Morgan fingerprint density at radius 2 is 1.93 bits per heavy atom. The van der Waals surface area contributed by atoms with Crippen LogP contribution in [0.15, 0.2) is 0 Å². The van der Waals surface area contributed by atoms with Gasteiger partial charge in [-0.1, -0.05) is 6.42 Å². The molecule has 0 aromatic heterocycles. The fraction of sp³-hybridized carbons (Fsp3) is 1.00. The number of rotatable bonds is 2. The van der Waals surface area contributed by atoms with E-state index in [1.54, 1.807) is 0 Å². The quantitative estimate of drug-likeness (QED) is 0.746. The van der Waals surface area contributed by atoms with E-state index >= 15 is 0 Å². The molecule has 2 heteroatoms. The van der Waals surface area contributed by atoms with E-state index in [1.807, 2.05) is 0 Å². The van der Waals surface area contributed by atoms with Gasteiger partial charge in [-0.15, -0.1) is 0 Å². The normalized spacial score (nSPS) is 44.0. The Morgan fingerprint density at radius 3 is 2.47 bits per heavy atom. The van der Waals surface area contributed by atoms with Gasteiger partial charge in [-0.2, -0.15) is 0 Å². The molecule has 3 fully saturated rings. The van der Waals surface area contributed by atoms with Crippen LogP contribution in [0.2, 0.25) is 0 Å². The Labute approximate surface area is 93.4 Å². The van der Waals surface area contributed by atoms with Crippen molar-refractivity contribution < 1.29 is 0 Å². The van der Waals surface area contributed by atoms with Crippen molar-refractivity contribution >= 4 is 0 Å². The van der Waals surface area contributed by atoms with Gasteiger partial charge in [-0.3, -0.25) is 4.90 Å². The summed E-state index contributed by atoms with van der Waals surface area (Å²) in [5.74, 6) is 0.965. The van der Waals surface area contributed by atoms with Crippen molar-refractivity contribution in [2.45, 2.75) is 63.6 Å². The van der Waals surface area contributed by atoms with Crippen molar-refractivity contribution in [2.24, 2.45) is 5.92 Å². The van der Waals surface area contributed by atoms with Crippen LogP contribution < -0.4 is 5.32 Å². The first-order valence-electron chi connectivity index (χ1n) is 6.70. The zero-order valence-electron chi connectivity index (χ0n) is 10.1. The third-order valence-electron chi connectivity index (χ3n) is 4.90. The van der Waals surface area contributed by atoms with Gasteiger partial charge < -0.3 is 5.32 Å². The SMILES string of the molecule is CC1CNC(C)(C2CC2)CN1C1CCC1. The molecule has 2 saturated carbocycles. The van der Waals surface area contributed by atoms with Crippen molar-refractivity contribution in [2.75, 3.05) is 13.1 Å². The van der Waals surface area contributed by atoms with Crippen molar-refractivity contribution in [3.8, 4) is 0 Å². The molecule has 0 spiro atoms. The molecule has 1 N–H and O–H groups in total. The fourth-order valence-electron chi connectivity index (χ4n) is 3.29. The Balaban J connectivity index is 1.69. The molecule has 2 aliphatic carbocycles. The summed E-state index contributed by atoms with van der Waals surface area (Å²) in [5, 5.41) is 3.80. The maximum absolute atomic E-state index is 3.80. The fourth-order valence-corrected chi connectivity index (χ4v) is 3.29. The molecule has 15 heavy (non-hydrogen) atoms. The van der Waals surface area contributed by atoms with Gasteiger partial charge in [0, 0.05) is 30.7 Å². The first-order chi connectivity index (χ1) is 7.19. The van der Waals surface area contributed by atoms with Gasteiger partial charge in [0.05, 0.1) is 0 Å². The predicted molar refractivity (Wildman–Crippen MR) is 62.9 cm³/mol. The number of nitrogens with one attached hydrogen (secondary N) is 1. The van der Waals surface area contributed by atoms with E-state index in [2.05, 4.69) is 24.1 Å². The molecule has 2 atom stereocenters. The van der Waals surface area contributed by atoms with Crippen LogP contribution in [0.1, 0.15) is 46.0 Å². The molecule has 1 heterocycles. The second-order valence-corrected chi connectivity index (χ2v) is 6.18. The summed E-state index contributed by atoms with van der Waals surface area (Å²) in [6.07, 6.45) is 7.27. The van der Waals surface area contributed by atoms with E-state index in [0.717, 1.165) is 18.0 Å². The van der Waals surface area contributed by atoms with E-state index in [4.69, 9.17) is 0 Å². The highest BCUT2D eigenvalue weighted by Gasteiger charge is 2.46. The van der Waals surface area contributed by atoms with Crippen molar-refractivity contribution in [3.05, 3.63) is 0 Å². The molecule has 0 aromatic carbocycles. The van der Waals surface area contributed by atoms with E-state index < -0.39 is 0 Å².